The molecule has 0 aliphatic carbocycles. The van der Waals surface area contributed by atoms with Crippen LogP contribution in [0.15, 0.2) is 28.6 Å². The number of furan rings is 1. The van der Waals surface area contributed by atoms with Crippen LogP contribution in [-0.2, 0) is 21.8 Å². The van der Waals surface area contributed by atoms with Crippen LogP contribution in [0.25, 0.3) is 0 Å². The van der Waals surface area contributed by atoms with Crippen molar-refractivity contribution in [1.82, 2.24) is 5.32 Å². The lowest BCUT2D eigenvalue weighted by Crippen LogP contribution is -3.00. The van der Waals surface area contributed by atoms with E-state index in [4.69, 9.17) is 14.9 Å². The maximum Gasteiger partial charge on any atom is 0.335 e. The number of rotatable bonds is 11. The van der Waals surface area contributed by atoms with Gasteiger partial charge in [-0.15, -0.1) is 0 Å². The lowest BCUT2D eigenvalue weighted by atomic mass is 9.96. The van der Waals surface area contributed by atoms with Gasteiger partial charge in [0.25, 0.3) is 6.20 Å². The number of quaternary nitrogens is 1. The molecule has 7 N–H and O–H groups in total. The number of nitrogens with zero attached hydrogens (tertiary/aromatic N) is 2. The maximum absolute atomic E-state index is 11.3. The zero-order valence-corrected chi connectivity index (χ0v) is 19.6. The third-order valence-electron chi connectivity index (χ3n) is 4.87. The molecule has 0 radical (unpaired) electrons. The van der Waals surface area contributed by atoms with Crippen LogP contribution in [0.2, 0.25) is 0 Å². The smallest absolute Gasteiger partial charge is 0.335 e. The summed E-state index contributed by atoms with van der Waals surface area (Å²) in [5.74, 6) is 0.959. The number of aliphatic hydroxyl groups excluding tert-OH is 3. The third-order valence-corrected chi connectivity index (χ3v) is 5.85. The van der Waals surface area contributed by atoms with Crippen molar-refractivity contribution in [1.29, 1.82) is 0 Å². The summed E-state index contributed by atoms with van der Waals surface area (Å²) in [5.41, 5.74) is 5.43. The maximum atomic E-state index is 11.3. The van der Waals surface area contributed by atoms with Crippen LogP contribution in [-0.4, -0.2) is 92.8 Å². The standard InChI is InChI=1S/C18H28N4O9S.ClH/c1-22(2,17-15(25)13(23)14(24)16(31-17)18(26)27)8-10-3-4-11(30-10)9-32-6-5-20-12(19)7-21(28)29;/h3-4,7,13-17,20,23-25H,5-6,8-9,19H2,1-2H3;1H. The highest BCUT2D eigenvalue weighted by atomic mass is 35.5. The summed E-state index contributed by atoms with van der Waals surface area (Å²) in [6.07, 6.45) is -6.99. The van der Waals surface area contributed by atoms with Gasteiger partial charge in [-0.1, -0.05) is 0 Å². The van der Waals surface area contributed by atoms with Crippen molar-refractivity contribution in [2.24, 2.45) is 5.73 Å². The van der Waals surface area contributed by atoms with E-state index in [1.165, 1.54) is 11.8 Å². The normalized spacial score (nSPS) is 25.8. The number of thioether (sulfide) groups is 1. The number of aliphatic hydroxyl groups is 3. The second-order valence-electron chi connectivity index (χ2n) is 7.91. The van der Waals surface area contributed by atoms with E-state index in [1.807, 2.05) is 0 Å². The fraction of sp³-hybridized carbons (Fsp3) is 0.611. The Kier molecular flexibility index (Phi) is 10.9. The number of nitrogens with two attached hydrogens (primary N) is 1. The first-order valence-corrected chi connectivity index (χ1v) is 10.8. The van der Waals surface area contributed by atoms with Gasteiger partial charge in [0.05, 0.1) is 24.8 Å². The van der Waals surface area contributed by atoms with E-state index in [2.05, 4.69) is 5.32 Å². The van der Waals surface area contributed by atoms with Crippen LogP contribution in [0.5, 0.6) is 0 Å². The van der Waals surface area contributed by atoms with Gasteiger partial charge in [-0.05, 0) is 12.1 Å². The van der Waals surface area contributed by atoms with Gasteiger partial charge in [0.1, 0.15) is 24.5 Å². The average molecular weight is 513 g/mol. The van der Waals surface area contributed by atoms with Crippen molar-refractivity contribution >= 4 is 17.7 Å². The Morgan fingerprint density at radius 1 is 1.27 bits per heavy atom. The minimum absolute atomic E-state index is 0. The van der Waals surface area contributed by atoms with Crippen LogP contribution in [0.4, 0.5) is 0 Å². The number of likely N-dealkylation sites (N-methyl/N-ethyl adjacent to an activating group) is 1. The van der Waals surface area contributed by atoms with Crippen molar-refractivity contribution in [3.8, 4) is 0 Å². The molecular weight excluding hydrogens is 484 g/mol. The van der Waals surface area contributed by atoms with Gasteiger partial charge >= 0.3 is 5.97 Å². The van der Waals surface area contributed by atoms with Crippen molar-refractivity contribution in [3.63, 3.8) is 0 Å². The molecule has 1 aromatic rings. The number of hydrogen-bond donors (Lipinski definition) is 6. The molecule has 1 aromatic heterocycles. The Labute approximate surface area is 200 Å². The monoisotopic (exact) mass is 512 g/mol. The second kappa shape index (κ2) is 12.4. The molecular formula is C18H29ClN4O9S. The Morgan fingerprint density at radius 3 is 2.52 bits per heavy atom. The molecule has 1 fully saturated rings. The Hall–Kier alpha value is -2.07. The molecule has 2 heterocycles. The molecule has 15 heteroatoms. The van der Waals surface area contributed by atoms with Gasteiger partial charge in [0.2, 0.25) is 6.23 Å². The van der Waals surface area contributed by atoms with Crippen molar-refractivity contribution in [2.75, 3.05) is 26.4 Å². The van der Waals surface area contributed by atoms with E-state index in [0.29, 0.717) is 35.8 Å². The number of nitro groups is 1. The molecule has 1 aliphatic heterocycles. The molecule has 0 spiro atoms. The van der Waals surface area contributed by atoms with Crippen LogP contribution < -0.4 is 23.5 Å². The number of carboxylic acid groups (broad SMARTS) is 1. The van der Waals surface area contributed by atoms with Gasteiger partial charge in [0.15, 0.2) is 23.8 Å². The molecule has 0 bridgehead atoms. The molecule has 1 saturated heterocycles. The van der Waals surface area contributed by atoms with E-state index in [9.17, 15) is 35.3 Å². The highest BCUT2D eigenvalue weighted by Gasteiger charge is 2.53. The van der Waals surface area contributed by atoms with Crippen molar-refractivity contribution in [3.05, 3.63) is 45.8 Å². The average Bonchev–Trinajstić information content (AvgIpc) is 3.11. The highest BCUT2D eigenvalue weighted by molar-refractivity contribution is 7.98. The molecule has 13 nitrogen and oxygen atoms in total. The predicted molar refractivity (Wildman–Crippen MR) is 112 cm³/mol. The largest absolute Gasteiger partial charge is 1.00 e. The van der Waals surface area contributed by atoms with Gasteiger partial charge in [-0.2, -0.15) is 11.8 Å². The molecule has 5 atom stereocenters. The first-order chi connectivity index (χ1) is 14.9. The summed E-state index contributed by atoms with van der Waals surface area (Å²) in [5, 5.41) is 52.5. The molecule has 0 aromatic carbocycles. The summed E-state index contributed by atoms with van der Waals surface area (Å²) in [6, 6.07) is 3.54. The Balaban J connectivity index is 0.00000544. The molecule has 33 heavy (non-hydrogen) atoms. The highest BCUT2D eigenvalue weighted by Crippen LogP contribution is 2.29. The molecule has 188 valence electrons. The minimum atomic E-state index is -1.74. The molecule has 5 unspecified atom stereocenters. The number of hydrogen-bond acceptors (Lipinski definition) is 11. The minimum Gasteiger partial charge on any atom is -1.00 e. The fourth-order valence-electron chi connectivity index (χ4n) is 3.32. The second-order valence-corrected chi connectivity index (χ2v) is 9.02. The molecule has 0 amide bonds. The third kappa shape index (κ3) is 8.03. The lowest BCUT2D eigenvalue weighted by Gasteiger charge is -2.45. The number of ether oxygens (including phenoxy) is 1. The molecule has 0 saturated carbocycles. The van der Waals surface area contributed by atoms with E-state index in [1.54, 1.807) is 26.2 Å². The summed E-state index contributed by atoms with van der Waals surface area (Å²) in [6.45, 7) is 0.666. The summed E-state index contributed by atoms with van der Waals surface area (Å²) in [7, 11) is 3.37. The summed E-state index contributed by atoms with van der Waals surface area (Å²) >= 11 is 1.53. The first-order valence-electron chi connectivity index (χ1n) is 9.67. The topological polar surface area (TPSA) is 202 Å². The van der Waals surface area contributed by atoms with E-state index >= 15 is 0 Å². The van der Waals surface area contributed by atoms with Crippen LogP contribution >= 0.6 is 11.8 Å². The van der Waals surface area contributed by atoms with Gasteiger partial charge in [-0.3, -0.25) is 14.6 Å². The summed E-state index contributed by atoms with van der Waals surface area (Å²) < 4.78 is 11.2. The van der Waals surface area contributed by atoms with E-state index in [0.717, 1.165) is 0 Å². The number of nitrogens with one attached hydrogen (secondary N) is 1. The van der Waals surface area contributed by atoms with Crippen LogP contribution in [0.3, 0.4) is 0 Å². The van der Waals surface area contributed by atoms with Gasteiger partial charge in [0, 0.05) is 12.3 Å². The Bertz CT molecular complexity index is 838. The van der Waals surface area contributed by atoms with Crippen molar-refractivity contribution in [2.45, 2.75) is 42.9 Å². The SMILES string of the molecule is C[N+](C)(Cc1ccc(CSCCNC(N)=C[N+](=O)[O-])o1)C1OC(C(=O)O)C(O)C(O)C1O.[Cl-]. The van der Waals surface area contributed by atoms with Crippen LogP contribution in [0.1, 0.15) is 11.5 Å². The zero-order valence-electron chi connectivity index (χ0n) is 18.0. The summed E-state index contributed by atoms with van der Waals surface area (Å²) in [4.78, 5) is 21.0. The number of aliphatic carboxylic acids is 1. The van der Waals surface area contributed by atoms with E-state index < -0.39 is 41.5 Å². The number of carbonyl (C=O) groups is 1. The zero-order chi connectivity index (χ0) is 24.1. The number of halogens is 1. The molecule has 1 aliphatic rings. The number of carboxylic acids is 1. The van der Waals surface area contributed by atoms with Crippen molar-refractivity contribution < 1.29 is 56.2 Å². The lowest BCUT2D eigenvalue weighted by molar-refractivity contribution is -0.957. The Morgan fingerprint density at radius 2 is 1.91 bits per heavy atom. The fourth-order valence-corrected chi connectivity index (χ4v) is 4.07. The first kappa shape index (κ1) is 29.0. The van der Waals surface area contributed by atoms with Gasteiger partial charge in [-0.25, -0.2) is 4.79 Å². The quantitative estimate of drug-likeness (QED) is 0.0720. The predicted octanol–water partition coefficient (Wildman–Crippen LogP) is -4.39. The molecule has 2 rings (SSSR count). The van der Waals surface area contributed by atoms with E-state index in [-0.39, 0.29) is 29.3 Å². The van der Waals surface area contributed by atoms with Gasteiger partial charge < -0.3 is 53.0 Å². The van der Waals surface area contributed by atoms with Crippen LogP contribution in [0, 0.1) is 10.1 Å².